The number of fused-ring (bicyclic) bond motifs is 1. The number of aliphatic carboxylic acids is 1. The van der Waals surface area contributed by atoms with Crippen molar-refractivity contribution in [1.29, 1.82) is 0 Å². The molecule has 0 aromatic heterocycles. The van der Waals surface area contributed by atoms with Gasteiger partial charge in [0.25, 0.3) is 0 Å². The molecule has 82 valence electrons. The van der Waals surface area contributed by atoms with Crippen LogP contribution in [0.2, 0.25) is 0 Å². The molecule has 0 heterocycles. The van der Waals surface area contributed by atoms with Crippen LogP contribution in [0.15, 0.2) is 36.4 Å². The summed E-state index contributed by atoms with van der Waals surface area (Å²) >= 11 is 0. The Bertz CT molecular complexity index is 548. The van der Waals surface area contributed by atoms with E-state index in [2.05, 4.69) is 0 Å². The molecular formula is C12H10O4. The number of phenolic OH excluding ortho intramolecular Hbond substituents is 1. The summed E-state index contributed by atoms with van der Waals surface area (Å²) < 4.78 is 0. The summed E-state index contributed by atoms with van der Waals surface area (Å²) in [5.41, 5.74) is 0.00574. The maximum atomic E-state index is 10.6. The van der Waals surface area contributed by atoms with Crippen LogP contribution in [0.1, 0.15) is 11.7 Å². The van der Waals surface area contributed by atoms with Crippen LogP contribution in [0.4, 0.5) is 0 Å². The van der Waals surface area contributed by atoms with Crippen LogP contribution >= 0.6 is 0 Å². The van der Waals surface area contributed by atoms with Crippen LogP contribution in [-0.4, -0.2) is 21.3 Å². The number of hydrogen-bond acceptors (Lipinski definition) is 3. The van der Waals surface area contributed by atoms with Gasteiger partial charge in [-0.2, -0.15) is 0 Å². The van der Waals surface area contributed by atoms with E-state index in [1.165, 1.54) is 6.07 Å². The van der Waals surface area contributed by atoms with Gasteiger partial charge in [-0.05, 0) is 5.39 Å². The van der Waals surface area contributed by atoms with E-state index in [0.717, 1.165) is 5.39 Å². The molecule has 4 nitrogen and oxygen atoms in total. The highest BCUT2D eigenvalue weighted by atomic mass is 16.4. The van der Waals surface area contributed by atoms with Crippen molar-refractivity contribution in [3.8, 4) is 5.75 Å². The van der Waals surface area contributed by atoms with E-state index in [-0.39, 0.29) is 11.3 Å². The molecule has 16 heavy (non-hydrogen) atoms. The van der Waals surface area contributed by atoms with E-state index in [9.17, 15) is 15.0 Å². The van der Waals surface area contributed by atoms with Gasteiger partial charge in [0, 0.05) is 10.9 Å². The van der Waals surface area contributed by atoms with Gasteiger partial charge >= 0.3 is 5.97 Å². The first kappa shape index (κ1) is 10.4. The third-order valence-corrected chi connectivity index (χ3v) is 2.46. The van der Waals surface area contributed by atoms with Crippen LogP contribution in [0.25, 0.3) is 10.8 Å². The Morgan fingerprint density at radius 3 is 2.50 bits per heavy atom. The number of carbonyl (C=O) groups is 1. The molecule has 0 fully saturated rings. The normalized spacial score (nSPS) is 12.6. The van der Waals surface area contributed by atoms with Crippen LogP contribution in [0.3, 0.4) is 0 Å². The molecule has 4 heteroatoms. The molecule has 0 spiro atoms. The van der Waals surface area contributed by atoms with Gasteiger partial charge < -0.3 is 15.3 Å². The number of hydrogen-bond donors (Lipinski definition) is 3. The molecular weight excluding hydrogens is 208 g/mol. The lowest BCUT2D eigenvalue weighted by Gasteiger charge is -2.10. The number of phenols is 1. The lowest BCUT2D eigenvalue weighted by molar-refractivity contribution is -0.147. The second-order valence-electron chi connectivity index (χ2n) is 3.47. The van der Waals surface area contributed by atoms with E-state index >= 15 is 0 Å². The molecule has 0 amide bonds. The Hall–Kier alpha value is -2.07. The van der Waals surface area contributed by atoms with Crippen molar-refractivity contribution >= 4 is 16.7 Å². The standard InChI is InChI=1S/C12H10O4/c13-10-8-4-2-1-3-7(8)5-6-9(10)11(14)12(15)16/h1-6,11,13-14H,(H,15,16). The number of carboxylic acid groups (broad SMARTS) is 1. The fourth-order valence-electron chi connectivity index (χ4n) is 1.63. The fraction of sp³-hybridized carbons (Fsp3) is 0.0833. The third-order valence-electron chi connectivity index (χ3n) is 2.46. The Labute approximate surface area is 91.4 Å². The zero-order valence-electron chi connectivity index (χ0n) is 8.29. The fourth-order valence-corrected chi connectivity index (χ4v) is 1.63. The SMILES string of the molecule is O=C(O)C(O)c1ccc2ccccc2c1O. The Morgan fingerprint density at radius 2 is 1.81 bits per heavy atom. The van der Waals surface area contributed by atoms with E-state index in [1.54, 1.807) is 24.3 Å². The zero-order valence-corrected chi connectivity index (χ0v) is 8.29. The zero-order chi connectivity index (χ0) is 11.7. The van der Waals surface area contributed by atoms with Gasteiger partial charge in [-0.15, -0.1) is 0 Å². The van der Waals surface area contributed by atoms with Crippen molar-refractivity contribution in [2.24, 2.45) is 0 Å². The van der Waals surface area contributed by atoms with Crippen molar-refractivity contribution in [2.45, 2.75) is 6.10 Å². The first-order valence-corrected chi connectivity index (χ1v) is 4.72. The average Bonchev–Trinajstić information content (AvgIpc) is 2.29. The number of carboxylic acids is 1. The molecule has 2 aromatic carbocycles. The van der Waals surface area contributed by atoms with Crippen LogP contribution in [0.5, 0.6) is 5.75 Å². The number of aromatic hydroxyl groups is 1. The summed E-state index contributed by atoms with van der Waals surface area (Å²) in [6.07, 6.45) is -1.70. The second-order valence-corrected chi connectivity index (χ2v) is 3.47. The van der Waals surface area contributed by atoms with E-state index in [4.69, 9.17) is 5.11 Å². The molecule has 0 saturated heterocycles. The average molecular weight is 218 g/mol. The lowest BCUT2D eigenvalue weighted by Crippen LogP contribution is -2.10. The molecule has 0 aliphatic heterocycles. The minimum Gasteiger partial charge on any atom is -0.507 e. The van der Waals surface area contributed by atoms with Gasteiger partial charge in [0.2, 0.25) is 0 Å². The summed E-state index contributed by atoms with van der Waals surface area (Å²) in [5, 5.41) is 29.2. The topological polar surface area (TPSA) is 77.8 Å². The maximum Gasteiger partial charge on any atom is 0.337 e. The van der Waals surface area contributed by atoms with Gasteiger partial charge in [0.05, 0.1) is 0 Å². The molecule has 0 aliphatic rings. The number of aliphatic hydroxyl groups is 1. The third kappa shape index (κ3) is 1.59. The highest BCUT2D eigenvalue weighted by Crippen LogP contribution is 2.32. The lowest BCUT2D eigenvalue weighted by atomic mass is 10.0. The van der Waals surface area contributed by atoms with Gasteiger partial charge in [-0.1, -0.05) is 36.4 Å². The van der Waals surface area contributed by atoms with Gasteiger partial charge in [-0.25, -0.2) is 4.79 Å². The van der Waals surface area contributed by atoms with Crippen molar-refractivity contribution in [3.05, 3.63) is 42.0 Å². The van der Waals surface area contributed by atoms with Crippen LogP contribution < -0.4 is 0 Å². The summed E-state index contributed by atoms with van der Waals surface area (Å²) in [4.78, 5) is 10.6. The van der Waals surface area contributed by atoms with E-state index in [0.29, 0.717) is 5.39 Å². The maximum absolute atomic E-state index is 10.6. The quantitative estimate of drug-likeness (QED) is 0.716. The first-order chi connectivity index (χ1) is 7.61. The molecule has 0 aliphatic carbocycles. The minimum absolute atomic E-state index is 0.00574. The molecule has 0 bridgehead atoms. The van der Waals surface area contributed by atoms with Crippen molar-refractivity contribution in [3.63, 3.8) is 0 Å². The van der Waals surface area contributed by atoms with Crippen LogP contribution in [0, 0.1) is 0 Å². The summed E-state index contributed by atoms with van der Waals surface area (Å²) in [6.45, 7) is 0. The van der Waals surface area contributed by atoms with Crippen molar-refractivity contribution in [1.82, 2.24) is 0 Å². The predicted molar refractivity (Wildman–Crippen MR) is 58.2 cm³/mol. The highest BCUT2D eigenvalue weighted by molar-refractivity contribution is 5.91. The van der Waals surface area contributed by atoms with Gasteiger partial charge in [-0.3, -0.25) is 0 Å². The van der Waals surface area contributed by atoms with Crippen molar-refractivity contribution in [2.75, 3.05) is 0 Å². The predicted octanol–water partition coefficient (Wildman–Crippen LogP) is 1.66. The number of benzene rings is 2. The van der Waals surface area contributed by atoms with Gasteiger partial charge in [0.1, 0.15) is 5.75 Å². The summed E-state index contributed by atoms with van der Waals surface area (Å²) in [6, 6.07) is 10.1. The smallest absolute Gasteiger partial charge is 0.337 e. The Kier molecular flexibility index (Phi) is 2.50. The molecule has 3 N–H and O–H groups in total. The summed E-state index contributed by atoms with van der Waals surface area (Å²) in [7, 11) is 0. The molecule has 0 radical (unpaired) electrons. The van der Waals surface area contributed by atoms with Gasteiger partial charge in [0.15, 0.2) is 6.10 Å². The Balaban J connectivity index is 2.65. The van der Waals surface area contributed by atoms with Crippen LogP contribution in [-0.2, 0) is 4.79 Å². The molecule has 1 atom stereocenters. The summed E-state index contributed by atoms with van der Waals surface area (Å²) in [5.74, 6) is -1.57. The molecule has 2 rings (SSSR count). The highest BCUT2D eigenvalue weighted by Gasteiger charge is 2.20. The second kappa shape index (κ2) is 3.83. The molecule has 1 unspecified atom stereocenters. The first-order valence-electron chi connectivity index (χ1n) is 4.72. The number of aliphatic hydroxyl groups excluding tert-OH is 1. The molecule has 0 saturated carbocycles. The molecule has 2 aromatic rings. The number of rotatable bonds is 2. The van der Waals surface area contributed by atoms with E-state index in [1.807, 2.05) is 6.07 Å². The largest absolute Gasteiger partial charge is 0.507 e. The Morgan fingerprint density at radius 1 is 1.12 bits per heavy atom. The minimum atomic E-state index is -1.70. The van der Waals surface area contributed by atoms with Crippen molar-refractivity contribution < 1.29 is 20.1 Å². The van der Waals surface area contributed by atoms with E-state index < -0.39 is 12.1 Å². The monoisotopic (exact) mass is 218 g/mol.